The van der Waals surface area contributed by atoms with Crippen molar-refractivity contribution in [1.82, 2.24) is 5.32 Å². The van der Waals surface area contributed by atoms with Gasteiger partial charge in [0.1, 0.15) is 12.1 Å². The molecule has 12 heavy (non-hydrogen) atoms. The topological polar surface area (TPSA) is 110 Å². The number of aliphatic hydroxyl groups excluding tert-OH is 4. The van der Waals surface area contributed by atoms with Gasteiger partial charge in [0.05, 0.1) is 6.61 Å². The second kappa shape index (κ2) is 3.00. The summed E-state index contributed by atoms with van der Waals surface area (Å²) in [5, 5.41) is 37.4. The highest BCUT2D eigenvalue weighted by atomic mass is 16.3. The fourth-order valence-corrected chi connectivity index (χ4v) is 0.925. The van der Waals surface area contributed by atoms with E-state index in [1.54, 1.807) is 0 Å². The standard InChI is InChI=1S/C6H9NO5/c8-1-2(9)3-4(10)5(11)6(12)7-3/h2-3,8-11H,1H2,(H,7,12)/t2-,3+/m0/s1. The smallest absolute Gasteiger partial charge is 0.290 e. The second-order valence-electron chi connectivity index (χ2n) is 2.43. The maximum atomic E-state index is 10.6. The normalized spacial score (nSPS) is 25.8. The lowest BCUT2D eigenvalue weighted by Crippen LogP contribution is -2.41. The Bertz CT molecular complexity index is 236. The van der Waals surface area contributed by atoms with E-state index < -0.39 is 36.2 Å². The third-order valence-corrected chi connectivity index (χ3v) is 1.61. The maximum Gasteiger partial charge on any atom is 0.290 e. The maximum absolute atomic E-state index is 10.6. The monoisotopic (exact) mass is 175 g/mol. The van der Waals surface area contributed by atoms with Crippen LogP contribution in [0.4, 0.5) is 0 Å². The van der Waals surface area contributed by atoms with Crippen LogP contribution in [0.1, 0.15) is 0 Å². The van der Waals surface area contributed by atoms with Crippen LogP contribution in [0.2, 0.25) is 0 Å². The van der Waals surface area contributed by atoms with Crippen LogP contribution >= 0.6 is 0 Å². The number of nitrogens with one attached hydrogen (secondary N) is 1. The molecule has 6 heteroatoms. The summed E-state index contributed by atoms with van der Waals surface area (Å²) in [6, 6.07) is -1.11. The molecule has 0 fully saturated rings. The first kappa shape index (κ1) is 8.82. The highest BCUT2D eigenvalue weighted by Gasteiger charge is 2.35. The number of aliphatic hydroxyl groups is 4. The SMILES string of the molecule is O=C1N[C@H]([C@@H](O)CO)C(O)=C1O. The van der Waals surface area contributed by atoms with Crippen LogP contribution in [0.25, 0.3) is 0 Å². The zero-order valence-electron chi connectivity index (χ0n) is 6.06. The van der Waals surface area contributed by atoms with Gasteiger partial charge < -0.3 is 25.7 Å². The van der Waals surface area contributed by atoms with E-state index in [9.17, 15) is 4.79 Å². The summed E-state index contributed by atoms with van der Waals surface area (Å²) in [7, 11) is 0. The third kappa shape index (κ3) is 1.21. The van der Waals surface area contributed by atoms with E-state index in [2.05, 4.69) is 5.32 Å². The highest BCUT2D eigenvalue weighted by Crippen LogP contribution is 2.14. The first-order chi connectivity index (χ1) is 5.57. The molecule has 1 heterocycles. The predicted octanol–water partition coefficient (Wildman–Crippen LogP) is -1.83. The van der Waals surface area contributed by atoms with Crippen molar-refractivity contribution in [3.05, 3.63) is 11.5 Å². The van der Waals surface area contributed by atoms with Gasteiger partial charge in [-0.15, -0.1) is 0 Å². The average molecular weight is 175 g/mol. The number of hydrogen-bond donors (Lipinski definition) is 5. The van der Waals surface area contributed by atoms with Gasteiger partial charge in [0.25, 0.3) is 5.91 Å². The highest BCUT2D eigenvalue weighted by molar-refractivity contribution is 5.94. The van der Waals surface area contributed by atoms with Gasteiger partial charge in [-0.05, 0) is 0 Å². The van der Waals surface area contributed by atoms with Crippen molar-refractivity contribution in [3.8, 4) is 0 Å². The van der Waals surface area contributed by atoms with Crippen molar-refractivity contribution >= 4 is 5.91 Å². The van der Waals surface area contributed by atoms with E-state index in [0.29, 0.717) is 0 Å². The van der Waals surface area contributed by atoms with Crippen molar-refractivity contribution in [2.24, 2.45) is 0 Å². The van der Waals surface area contributed by atoms with Crippen LogP contribution in [-0.2, 0) is 4.79 Å². The molecule has 1 amide bonds. The van der Waals surface area contributed by atoms with E-state index >= 15 is 0 Å². The number of hydrogen-bond acceptors (Lipinski definition) is 5. The minimum absolute atomic E-state index is 0.609. The van der Waals surface area contributed by atoms with E-state index in [0.717, 1.165) is 0 Å². The summed E-state index contributed by atoms with van der Waals surface area (Å²) >= 11 is 0. The quantitative estimate of drug-likeness (QED) is 0.339. The van der Waals surface area contributed by atoms with Crippen molar-refractivity contribution in [2.75, 3.05) is 6.61 Å². The van der Waals surface area contributed by atoms with Crippen molar-refractivity contribution in [3.63, 3.8) is 0 Å². The molecule has 0 aliphatic carbocycles. The van der Waals surface area contributed by atoms with Crippen LogP contribution in [0.5, 0.6) is 0 Å². The van der Waals surface area contributed by atoms with Crippen LogP contribution in [0, 0.1) is 0 Å². The molecule has 0 aromatic rings. The number of rotatable bonds is 2. The molecule has 1 aliphatic heterocycles. The summed E-state index contributed by atoms with van der Waals surface area (Å²) in [6.07, 6.45) is -1.31. The molecule has 0 aromatic heterocycles. The summed E-state index contributed by atoms with van der Waals surface area (Å²) in [4.78, 5) is 10.6. The van der Waals surface area contributed by atoms with Gasteiger partial charge >= 0.3 is 0 Å². The molecule has 1 aliphatic rings. The molecule has 1 rings (SSSR count). The number of carbonyl (C=O) groups is 1. The zero-order chi connectivity index (χ0) is 9.30. The Morgan fingerprint density at radius 3 is 2.42 bits per heavy atom. The summed E-state index contributed by atoms with van der Waals surface area (Å²) in [5.74, 6) is -2.31. The Labute approximate surface area is 67.8 Å². The largest absolute Gasteiger partial charge is 0.506 e. The van der Waals surface area contributed by atoms with Gasteiger partial charge in [0, 0.05) is 0 Å². The molecule has 0 saturated heterocycles. The summed E-state index contributed by atoms with van der Waals surface area (Å²) in [5.41, 5.74) is 0. The summed E-state index contributed by atoms with van der Waals surface area (Å²) < 4.78 is 0. The fraction of sp³-hybridized carbons (Fsp3) is 0.500. The minimum Gasteiger partial charge on any atom is -0.506 e. The Kier molecular flexibility index (Phi) is 2.20. The molecular formula is C6H9NO5. The van der Waals surface area contributed by atoms with Gasteiger partial charge in [-0.1, -0.05) is 0 Å². The first-order valence-electron chi connectivity index (χ1n) is 3.29. The molecule has 0 saturated carbocycles. The lowest BCUT2D eigenvalue weighted by molar-refractivity contribution is -0.119. The molecule has 0 aromatic carbocycles. The lowest BCUT2D eigenvalue weighted by Gasteiger charge is -2.15. The van der Waals surface area contributed by atoms with E-state index in [-0.39, 0.29) is 0 Å². The molecule has 5 N–H and O–H groups in total. The van der Waals surface area contributed by atoms with Crippen LogP contribution in [0.15, 0.2) is 11.5 Å². The first-order valence-corrected chi connectivity index (χ1v) is 3.29. The van der Waals surface area contributed by atoms with Crippen molar-refractivity contribution in [2.45, 2.75) is 12.1 Å². The Morgan fingerprint density at radius 2 is 2.08 bits per heavy atom. The Hall–Kier alpha value is -1.27. The molecule has 2 atom stereocenters. The molecule has 0 unspecified atom stereocenters. The lowest BCUT2D eigenvalue weighted by atomic mass is 10.1. The van der Waals surface area contributed by atoms with Gasteiger partial charge in [0.2, 0.25) is 5.76 Å². The molecule has 68 valence electrons. The fourth-order valence-electron chi connectivity index (χ4n) is 0.925. The molecule has 0 spiro atoms. The molecule has 0 bridgehead atoms. The third-order valence-electron chi connectivity index (χ3n) is 1.61. The Morgan fingerprint density at radius 1 is 1.50 bits per heavy atom. The molecule has 6 nitrogen and oxygen atoms in total. The van der Waals surface area contributed by atoms with Gasteiger partial charge in [0.15, 0.2) is 5.76 Å². The Balaban J connectivity index is 2.80. The van der Waals surface area contributed by atoms with E-state index in [1.165, 1.54) is 0 Å². The van der Waals surface area contributed by atoms with Gasteiger partial charge in [-0.2, -0.15) is 0 Å². The minimum atomic E-state index is -1.31. The zero-order valence-corrected chi connectivity index (χ0v) is 6.06. The van der Waals surface area contributed by atoms with Gasteiger partial charge in [-0.3, -0.25) is 4.79 Å². The predicted molar refractivity (Wildman–Crippen MR) is 37.3 cm³/mol. The average Bonchev–Trinajstić information content (AvgIpc) is 2.32. The van der Waals surface area contributed by atoms with E-state index in [1.807, 2.05) is 0 Å². The molecule has 0 radical (unpaired) electrons. The van der Waals surface area contributed by atoms with E-state index in [4.69, 9.17) is 20.4 Å². The van der Waals surface area contributed by atoms with Crippen molar-refractivity contribution < 1.29 is 25.2 Å². The second-order valence-corrected chi connectivity index (χ2v) is 2.43. The van der Waals surface area contributed by atoms with Gasteiger partial charge in [-0.25, -0.2) is 0 Å². The number of amides is 1. The van der Waals surface area contributed by atoms with Crippen molar-refractivity contribution in [1.29, 1.82) is 0 Å². The van der Waals surface area contributed by atoms with Crippen LogP contribution < -0.4 is 5.32 Å². The number of carbonyl (C=O) groups excluding carboxylic acids is 1. The van der Waals surface area contributed by atoms with Crippen LogP contribution in [-0.4, -0.2) is 45.1 Å². The van der Waals surface area contributed by atoms with Crippen LogP contribution in [0.3, 0.4) is 0 Å². The molecular weight excluding hydrogens is 166 g/mol. The summed E-state index contributed by atoms with van der Waals surface area (Å²) in [6.45, 7) is -0.609.